The zero-order valence-corrected chi connectivity index (χ0v) is 14.8. The first-order valence-corrected chi connectivity index (χ1v) is 8.36. The fourth-order valence-electron chi connectivity index (χ4n) is 2.21. The molecule has 1 aromatic heterocycles. The maximum absolute atomic E-state index is 12.6. The minimum atomic E-state index is -4.45. The number of benzene rings is 1. The molecular weight excluding hydrogens is 336 g/mol. The highest BCUT2D eigenvalue weighted by Gasteiger charge is 2.28. The molecule has 0 amide bonds. The van der Waals surface area contributed by atoms with Gasteiger partial charge in [0.25, 0.3) is 5.56 Å². The van der Waals surface area contributed by atoms with Gasteiger partial charge in [-0.3, -0.25) is 13.9 Å². The van der Waals surface area contributed by atoms with Gasteiger partial charge in [-0.1, -0.05) is 6.07 Å². The molecule has 0 fully saturated rings. The maximum atomic E-state index is 12.6. The van der Waals surface area contributed by atoms with Crippen LogP contribution in [0.5, 0.6) is 11.5 Å². The fraction of sp³-hybridized carbons (Fsp3) is 0.333. The van der Waals surface area contributed by atoms with E-state index in [9.17, 15) is 18.0 Å². The molecule has 1 aromatic carbocycles. The summed E-state index contributed by atoms with van der Waals surface area (Å²) in [4.78, 5) is 23.5. The van der Waals surface area contributed by atoms with E-state index in [1.165, 1.54) is 34.2 Å². The predicted octanol–water partition coefficient (Wildman–Crippen LogP) is 0.477. The van der Waals surface area contributed by atoms with E-state index in [0.717, 1.165) is 14.7 Å². The molecule has 0 aliphatic heterocycles. The first-order chi connectivity index (χ1) is 11.1. The number of nitrogens with zero attached hydrogens (tertiary/aromatic N) is 2. The average Bonchev–Trinajstić information content (AvgIpc) is 2.52. The van der Waals surface area contributed by atoms with Crippen LogP contribution in [0.1, 0.15) is 11.3 Å². The molecule has 0 saturated carbocycles. The number of methoxy groups -OCH3 is 1. The summed E-state index contributed by atoms with van der Waals surface area (Å²) in [5.74, 6) is 0.177. The lowest BCUT2D eigenvalue weighted by atomic mass is 10.2. The van der Waals surface area contributed by atoms with E-state index in [4.69, 9.17) is 8.92 Å². The Kier molecular flexibility index (Phi) is 4.57. The molecule has 24 heavy (non-hydrogen) atoms. The van der Waals surface area contributed by atoms with Crippen LogP contribution in [0.3, 0.4) is 0 Å². The molecule has 0 atom stereocenters. The van der Waals surface area contributed by atoms with E-state index in [1.54, 1.807) is 12.1 Å². The summed E-state index contributed by atoms with van der Waals surface area (Å²) in [5.41, 5.74) is -0.717. The second-order valence-electron chi connectivity index (χ2n) is 5.31. The van der Waals surface area contributed by atoms with Crippen molar-refractivity contribution in [3.63, 3.8) is 0 Å². The lowest BCUT2D eigenvalue weighted by Crippen LogP contribution is -2.41. The molecule has 2 aromatic rings. The molecule has 0 bridgehead atoms. The van der Waals surface area contributed by atoms with Crippen LogP contribution in [0.4, 0.5) is 0 Å². The quantitative estimate of drug-likeness (QED) is 0.741. The van der Waals surface area contributed by atoms with Crippen molar-refractivity contribution in [2.45, 2.75) is 18.7 Å². The second-order valence-corrected chi connectivity index (χ2v) is 6.80. The predicted molar refractivity (Wildman–Crippen MR) is 87.2 cm³/mol. The maximum Gasteiger partial charge on any atom is 0.346 e. The molecule has 130 valence electrons. The van der Waals surface area contributed by atoms with Crippen LogP contribution in [0, 0.1) is 13.8 Å². The summed E-state index contributed by atoms with van der Waals surface area (Å²) in [6.07, 6.45) is 0. The van der Waals surface area contributed by atoms with Gasteiger partial charge in [0.2, 0.25) is 0 Å². The lowest BCUT2D eigenvalue weighted by molar-refractivity contribution is 0.389. The van der Waals surface area contributed by atoms with Crippen LogP contribution >= 0.6 is 0 Å². The molecule has 0 aliphatic rings. The standard InChI is InChI=1S/C15H18N2O6S/c1-9-6-7-11(12(8-9)22-5)23-24(20,21)13-10(2)16(3)15(19)17(4)14(13)18/h6-8H,1-5H3. The highest BCUT2D eigenvalue weighted by Crippen LogP contribution is 2.30. The summed E-state index contributed by atoms with van der Waals surface area (Å²) < 4.78 is 37.2. The molecule has 0 aliphatic carbocycles. The van der Waals surface area contributed by atoms with Gasteiger partial charge in [0, 0.05) is 19.8 Å². The van der Waals surface area contributed by atoms with Gasteiger partial charge in [-0.25, -0.2) is 4.79 Å². The van der Waals surface area contributed by atoms with E-state index in [2.05, 4.69) is 0 Å². The Labute approximate surface area is 139 Å². The van der Waals surface area contributed by atoms with Gasteiger partial charge in [0.1, 0.15) is 0 Å². The van der Waals surface area contributed by atoms with Crippen molar-refractivity contribution in [3.8, 4) is 11.5 Å². The summed E-state index contributed by atoms with van der Waals surface area (Å²) in [6, 6.07) is 4.70. The fourth-order valence-corrected chi connectivity index (χ4v) is 3.51. The number of ether oxygens (including phenoxy) is 1. The Morgan fingerprint density at radius 2 is 1.62 bits per heavy atom. The largest absolute Gasteiger partial charge is 0.493 e. The molecule has 1 heterocycles. The van der Waals surface area contributed by atoms with E-state index < -0.39 is 26.3 Å². The van der Waals surface area contributed by atoms with Gasteiger partial charge in [-0.15, -0.1) is 0 Å². The molecule has 0 unspecified atom stereocenters. The number of hydrogen-bond acceptors (Lipinski definition) is 6. The highest BCUT2D eigenvalue weighted by atomic mass is 32.2. The second kappa shape index (κ2) is 6.16. The Morgan fingerprint density at radius 1 is 1.00 bits per heavy atom. The van der Waals surface area contributed by atoms with Crippen LogP contribution in [-0.4, -0.2) is 24.7 Å². The minimum Gasteiger partial charge on any atom is -0.493 e. The first-order valence-electron chi connectivity index (χ1n) is 6.96. The van der Waals surface area contributed by atoms with Crippen molar-refractivity contribution in [3.05, 3.63) is 50.3 Å². The van der Waals surface area contributed by atoms with Crippen LogP contribution in [-0.2, 0) is 24.2 Å². The van der Waals surface area contributed by atoms with Gasteiger partial charge in [-0.05, 0) is 31.5 Å². The van der Waals surface area contributed by atoms with Crippen LogP contribution < -0.4 is 20.2 Å². The van der Waals surface area contributed by atoms with Crippen LogP contribution in [0.2, 0.25) is 0 Å². The van der Waals surface area contributed by atoms with Gasteiger partial charge in [0.05, 0.1) is 7.11 Å². The Hall–Kier alpha value is -2.55. The number of aromatic nitrogens is 2. The molecule has 2 rings (SSSR count). The number of hydrogen-bond donors (Lipinski definition) is 0. The van der Waals surface area contributed by atoms with E-state index in [-0.39, 0.29) is 17.2 Å². The summed E-state index contributed by atoms with van der Waals surface area (Å²) >= 11 is 0. The average molecular weight is 354 g/mol. The van der Waals surface area contributed by atoms with Gasteiger partial charge in [0.15, 0.2) is 16.4 Å². The summed E-state index contributed by atoms with van der Waals surface area (Å²) in [7, 11) is -0.494. The zero-order valence-electron chi connectivity index (χ0n) is 14.0. The molecule has 0 saturated heterocycles. The molecule has 8 nitrogen and oxygen atoms in total. The molecule has 0 spiro atoms. The van der Waals surface area contributed by atoms with Crippen molar-refractivity contribution in [2.24, 2.45) is 14.1 Å². The Bertz CT molecular complexity index is 1020. The van der Waals surface area contributed by atoms with Crippen molar-refractivity contribution < 1.29 is 17.3 Å². The van der Waals surface area contributed by atoms with Crippen molar-refractivity contribution >= 4 is 10.1 Å². The SMILES string of the molecule is COc1cc(C)ccc1OS(=O)(=O)c1c(C)n(C)c(=O)n(C)c1=O. The van der Waals surface area contributed by atoms with Gasteiger partial charge >= 0.3 is 15.8 Å². The van der Waals surface area contributed by atoms with E-state index in [0.29, 0.717) is 0 Å². The topological polar surface area (TPSA) is 96.6 Å². The number of rotatable bonds is 4. The van der Waals surface area contributed by atoms with Gasteiger partial charge in [-0.2, -0.15) is 8.42 Å². The minimum absolute atomic E-state index is 0.00539. The van der Waals surface area contributed by atoms with Crippen LogP contribution in [0.25, 0.3) is 0 Å². The normalized spacial score (nSPS) is 11.4. The third kappa shape index (κ3) is 2.94. The molecule has 0 N–H and O–H groups in total. The van der Waals surface area contributed by atoms with Crippen molar-refractivity contribution in [1.82, 2.24) is 9.13 Å². The van der Waals surface area contributed by atoms with Gasteiger partial charge < -0.3 is 8.92 Å². The highest BCUT2D eigenvalue weighted by molar-refractivity contribution is 7.87. The molecular formula is C15H18N2O6S. The zero-order chi connectivity index (χ0) is 18.2. The van der Waals surface area contributed by atoms with E-state index >= 15 is 0 Å². The smallest absolute Gasteiger partial charge is 0.346 e. The Morgan fingerprint density at radius 3 is 2.21 bits per heavy atom. The molecule has 0 radical (unpaired) electrons. The molecule has 9 heteroatoms. The summed E-state index contributed by atoms with van der Waals surface area (Å²) in [6.45, 7) is 3.18. The number of aryl methyl sites for hydroxylation is 1. The Balaban J connectivity index is 2.66. The van der Waals surface area contributed by atoms with Crippen molar-refractivity contribution in [1.29, 1.82) is 0 Å². The third-order valence-electron chi connectivity index (χ3n) is 3.67. The van der Waals surface area contributed by atoms with E-state index in [1.807, 2.05) is 6.92 Å². The van der Waals surface area contributed by atoms with Crippen LogP contribution in [0.15, 0.2) is 32.7 Å². The first kappa shape index (κ1) is 17.8. The monoisotopic (exact) mass is 354 g/mol. The summed E-state index contributed by atoms with van der Waals surface area (Å²) in [5, 5.41) is 0. The third-order valence-corrected chi connectivity index (χ3v) is 5.04. The van der Waals surface area contributed by atoms with Crippen molar-refractivity contribution in [2.75, 3.05) is 7.11 Å². The lowest BCUT2D eigenvalue weighted by Gasteiger charge is -2.14.